The number of aryl methyl sites for hydroxylation is 1. The number of nitrogens with zero attached hydrogens (tertiary/aromatic N) is 1. The van der Waals surface area contributed by atoms with Crippen LogP contribution in [0.15, 0.2) is 78.9 Å². The van der Waals surface area contributed by atoms with E-state index in [9.17, 15) is 14.4 Å². The molecule has 206 valence electrons. The number of carbonyl (C=O) groups excluding carboxylic acids is 3. The molecule has 0 aliphatic rings. The van der Waals surface area contributed by atoms with E-state index in [4.69, 9.17) is 0 Å². The maximum Gasteiger partial charge on any atom is 0.253 e. The quantitative estimate of drug-likeness (QED) is 0.275. The number of hydrogen-bond acceptors (Lipinski definition) is 3. The van der Waals surface area contributed by atoms with Crippen molar-refractivity contribution in [3.63, 3.8) is 0 Å². The molecule has 2 N–H and O–H groups in total. The smallest absolute Gasteiger partial charge is 0.253 e. The van der Waals surface area contributed by atoms with Crippen molar-refractivity contribution in [1.82, 2.24) is 10.2 Å². The number of nitrogens with one attached hydrogen (secondary N) is 2. The molecule has 1 unspecified atom stereocenters. The zero-order valence-corrected chi connectivity index (χ0v) is 23.6. The fraction of sp³-hybridized carbons (Fsp3) is 0.364. The highest BCUT2D eigenvalue weighted by atomic mass is 16.2. The summed E-state index contributed by atoms with van der Waals surface area (Å²) in [6.45, 7) is 9.25. The monoisotopic (exact) mass is 527 g/mol. The maximum atomic E-state index is 13.5. The number of benzene rings is 3. The molecule has 3 aromatic rings. The third-order valence-electron chi connectivity index (χ3n) is 6.65. The summed E-state index contributed by atoms with van der Waals surface area (Å²) < 4.78 is 0. The van der Waals surface area contributed by atoms with Gasteiger partial charge in [-0.3, -0.25) is 14.4 Å². The van der Waals surface area contributed by atoms with Crippen LogP contribution in [0.2, 0.25) is 0 Å². The Morgan fingerprint density at radius 2 is 1.41 bits per heavy atom. The third-order valence-corrected chi connectivity index (χ3v) is 6.65. The van der Waals surface area contributed by atoms with Crippen molar-refractivity contribution in [2.75, 3.05) is 18.4 Å². The van der Waals surface area contributed by atoms with E-state index < -0.39 is 0 Å². The summed E-state index contributed by atoms with van der Waals surface area (Å²) in [6.07, 6.45) is 2.82. The second-order valence-electron chi connectivity index (χ2n) is 10.2. The summed E-state index contributed by atoms with van der Waals surface area (Å²) in [6, 6.07) is 24.4. The average molecular weight is 528 g/mol. The predicted molar refractivity (Wildman–Crippen MR) is 158 cm³/mol. The van der Waals surface area contributed by atoms with Gasteiger partial charge in [0.15, 0.2) is 0 Å². The zero-order chi connectivity index (χ0) is 28.2. The first kappa shape index (κ1) is 29.6. The van der Waals surface area contributed by atoms with E-state index >= 15 is 0 Å². The molecule has 0 heterocycles. The van der Waals surface area contributed by atoms with Gasteiger partial charge in [-0.2, -0.15) is 0 Å². The van der Waals surface area contributed by atoms with Crippen molar-refractivity contribution in [1.29, 1.82) is 0 Å². The molecule has 0 aromatic heterocycles. The van der Waals surface area contributed by atoms with Gasteiger partial charge in [0, 0.05) is 41.9 Å². The number of para-hydroxylation sites is 1. The third kappa shape index (κ3) is 9.10. The molecule has 0 fully saturated rings. The zero-order valence-electron chi connectivity index (χ0n) is 23.6. The van der Waals surface area contributed by atoms with Gasteiger partial charge >= 0.3 is 0 Å². The molecule has 0 bridgehead atoms. The van der Waals surface area contributed by atoms with E-state index in [-0.39, 0.29) is 29.7 Å². The molecule has 3 rings (SSSR count). The van der Waals surface area contributed by atoms with Crippen LogP contribution in [0.25, 0.3) is 0 Å². The fourth-order valence-electron chi connectivity index (χ4n) is 4.76. The molecule has 3 aromatic carbocycles. The number of carbonyl (C=O) groups is 3. The Balaban J connectivity index is 1.78. The van der Waals surface area contributed by atoms with E-state index in [1.165, 1.54) is 0 Å². The van der Waals surface area contributed by atoms with Gasteiger partial charge in [0.2, 0.25) is 5.91 Å². The Kier molecular flexibility index (Phi) is 11.3. The molecule has 6 heteroatoms. The van der Waals surface area contributed by atoms with Crippen molar-refractivity contribution in [2.45, 2.75) is 59.4 Å². The lowest BCUT2D eigenvalue weighted by molar-refractivity contribution is -0.119. The Morgan fingerprint density at radius 1 is 0.821 bits per heavy atom. The standard InChI is InChI=1S/C33H41N3O3/c1-5-17-36(18-6-2)33(39)28-20-24(3)19-27(23-28)32(38)35-30(22-26-13-9-7-10-14-26)21-25(4)31(37)34-29-15-11-8-12-16-29/h7-16,19-20,23,25,30H,5-6,17-18,21-22H2,1-4H3,(H,34,37)(H,35,38)/t25?,30-/m1/s1. The summed E-state index contributed by atoms with van der Waals surface area (Å²) in [4.78, 5) is 41.5. The molecule has 6 nitrogen and oxygen atoms in total. The summed E-state index contributed by atoms with van der Waals surface area (Å²) in [7, 11) is 0. The van der Waals surface area contributed by atoms with Crippen LogP contribution in [0, 0.1) is 12.8 Å². The minimum Gasteiger partial charge on any atom is -0.349 e. The first-order valence-electron chi connectivity index (χ1n) is 13.9. The first-order valence-corrected chi connectivity index (χ1v) is 13.9. The fourth-order valence-corrected chi connectivity index (χ4v) is 4.76. The largest absolute Gasteiger partial charge is 0.349 e. The predicted octanol–water partition coefficient (Wildman–Crippen LogP) is 6.26. The van der Waals surface area contributed by atoms with Gasteiger partial charge in [-0.25, -0.2) is 0 Å². The highest BCUT2D eigenvalue weighted by molar-refractivity contribution is 6.00. The molecular formula is C33H41N3O3. The molecule has 39 heavy (non-hydrogen) atoms. The molecule has 0 aliphatic carbocycles. The van der Waals surface area contributed by atoms with Crippen LogP contribution in [0.5, 0.6) is 0 Å². The second-order valence-corrected chi connectivity index (χ2v) is 10.2. The van der Waals surface area contributed by atoms with Crippen LogP contribution >= 0.6 is 0 Å². The van der Waals surface area contributed by atoms with E-state index in [0.717, 1.165) is 29.7 Å². The molecule has 0 spiro atoms. The average Bonchev–Trinajstić information content (AvgIpc) is 2.93. The molecule has 2 atom stereocenters. The first-order chi connectivity index (χ1) is 18.8. The van der Waals surface area contributed by atoms with Gasteiger partial charge in [-0.15, -0.1) is 0 Å². The molecule has 0 radical (unpaired) electrons. The van der Waals surface area contributed by atoms with Crippen LogP contribution in [0.3, 0.4) is 0 Å². The van der Waals surface area contributed by atoms with Crippen molar-refractivity contribution in [2.24, 2.45) is 5.92 Å². The lowest BCUT2D eigenvalue weighted by atomic mass is 9.94. The summed E-state index contributed by atoms with van der Waals surface area (Å²) >= 11 is 0. The molecule has 3 amide bonds. The highest BCUT2D eigenvalue weighted by Gasteiger charge is 2.23. The SMILES string of the molecule is CCCN(CCC)C(=O)c1cc(C)cc(C(=O)N[C@@H](Cc2ccccc2)CC(C)C(=O)Nc2ccccc2)c1. The molecule has 0 saturated carbocycles. The van der Waals surface area contributed by atoms with E-state index in [0.29, 0.717) is 37.1 Å². The summed E-state index contributed by atoms with van der Waals surface area (Å²) in [5.41, 5.74) is 3.65. The van der Waals surface area contributed by atoms with Gasteiger partial charge in [0.25, 0.3) is 11.8 Å². The number of anilines is 1. The highest BCUT2D eigenvalue weighted by Crippen LogP contribution is 2.18. The van der Waals surface area contributed by atoms with Crippen molar-refractivity contribution >= 4 is 23.4 Å². The normalized spacial score (nSPS) is 12.3. The summed E-state index contributed by atoms with van der Waals surface area (Å²) in [5, 5.41) is 6.12. The lowest BCUT2D eigenvalue weighted by Gasteiger charge is -2.24. The van der Waals surface area contributed by atoms with Gasteiger partial charge in [0.05, 0.1) is 0 Å². The van der Waals surface area contributed by atoms with E-state index in [1.54, 1.807) is 12.1 Å². The van der Waals surface area contributed by atoms with E-state index in [2.05, 4.69) is 24.5 Å². The van der Waals surface area contributed by atoms with Crippen molar-refractivity contribution in [3.8, 4) is 0 Å². The van der Waals surface area contributed by atoms with Gasteiger partial charge in [-0.1, -0.05) is 69.3 Å². The summed E-state index contributed by atoms with van der Waals surface area (Å²) in [5.74, 6) is -0.722. The lowest BCUT2D eigenvalue weighted by Crippen LogP contribution is -2.39. The van der Waals surface area contributed by atoms with Crippen LogP contribution in [0.4, 0.5) is 5.69 Å². The number of amides is 3. The number of hydrogen-bond donors (Lipinski definition) is 2. The van der Waals surface area contributed by atoms with Crippen molar-refractivity contribution < 1.29 is 14.4 Å². The molecule has 0 aliphatic heterocycles. The van der Waals surface area contributed by atoms with Crippen LogP contribution in [0.1, 0.15) is 71.9 Å². The van der Waals surface area contributed by atoms with Gasteiger partial charge in [0.1, 0.15) is 0 Å². The molecular weight excluding hydrogens is 486 g/mol. The Labute approximate surface area is 232 Å². The Bertz CT molecular complexity index is 1220. The molecule has 0 saturated heterocycles. The second kappa shape index (κ2) is 14.9. The maximum absolute atomic E-state index is 13.5. The Hall–Kier alpha value is -3.93. The van der Waals surface area contributed by atoms with Crippen LogP contribution < -0.4 is 10.6 Å². The number of rotatable bonds is 13. The minimum atomic E-state index is -0.328. The minimum absolute atomic E-state index is 0.0523. The van der Waals surface area contributed by atoms with Gasteiger partial charge in [-0.05, 0) is 74.1 Å². The van der Waals surface area contributed by atoms with Crippen molar-refractivity contribution in [3.05, 3.63) is 101 Å². The Morgan fingerprint density at radius 3 is 2.03 bits per heavy atom. The van der Waals surface area contributed by atoms with E-state index in [1.807, 2.05) is 85.5 Å². The van der Waals surface area contributed by atoms with Gasteiger partial charge < -0.3 is 15.5 Å². The topological polar surface area (TPSA) is 78.5 Å². The van der Waals surface area contributed by atoms with Crippen LogP contribution in [-0.4, -0.2) is 41.8 Å². The van der Waals surface area contributed by atoms with Crippen LogP contribution in [-0.2, 0) is 11.2 Å².